The van der Waals surface area contributed by atoms with Gasteiger partial charge < -0.3 is 0 Å². The second-order valence-corrected chi connectivity index (χ2v) is 11.9. The van der Waals surface area contributed by atoms with Crippen LogP contribution >= 0.6 is 60.9 Å². The van der Waals surface area contributed by atoms with Crippen molar-refractivity contribution in [3.05, 3.63) is 35.8 Å². The summed E-state index contributed by atoms with van der Waals surface area (Å²) < 4.78 is 0. The molecule has 0 spiro atoms. The minimum absolute atomic E-state index is 1.18. The molecule has 0 aromatic carbocycles. The fourth-order valence-corrected chi connectivity index (χ4v) is 11.6. The molecule has 0 fully saturated rings. The quantitative estimate of drug-likeness (QED) is 0.472. The summed E-state index contributed by atoms with van der Waals surface area (Å²) in [4.78, 5) is 0. The normalized spacial score (nSPS) is 22.9. The van der Waals surface area contributed by atoms with E-state index in [1.54, 1.807) is 10.8 Å². The molecule has 1 aliphatic heterocycles. The number of hydrogen-bond acceptors (Lipinski definition) is 6. The largest absolute Gasteiger partial charge is 0.0845 e. The smallest absolute Gasteiger partial charge is 0.00483 e. The van der Waals surface area contributed by atoms with Crippen LogP contribution in [0.2, 0.25) is 0 Å². The maximum absolute atomic E-state index is 2.24. The minimum Gasteiger partial charge on any atom is -0.0845 e. The molecular formula is C9H12S6. The zero-order valence-electron chi connectivity index (χ0n) is 8.03. The summed E-state index contributed by atoms with van der Waals surface area (Å²) >= 11 is 0. The molecule has 1 aliphatic rings. The maximum Gasteiger partial charge on any atom is 0.00483 e. The van der Waals surface area contributed by atoms with Crippen molar-refractivity contribution in [2.75, 3.05) is 5.75 Å². The molecule has 0 atom stereocenters. The van der Waals surface area contributed by atoms with E-state index in [0.29, 0.717) is 0 Å². The van der Waals surface area contributed by atoms with Gasteiger partial charge in [0.15, 0.2) is 0 Å². The summed E-state index contributed by atoms with van der Waals surface area (Å²) in [7, 11) is 11.1. The molecular weight excluding hydrogens is 301 g/mol. The molecule has 0 nitrogen and oxygen atoms in total. The van der Waals surface area contributed by atoms with Gasteiger partial charge in [-0.3, -0.25) is 0 Å². The van der Waals surface area contributed by atoms with Crippen molar-refractivity contribution in [3.63, 3.8) is 0 Å². The lowest BCUT2D eigenvalue weighted by Gasteiger charge is -1.97. The standard InChI is InChI=1S/C9H12S6/c1-2-4-6-8-10-12-14-15-13-11-9-7-5-3-1/h1-4,6,8H,5,7,9H2/b3-1?,4-2?,8-6+. The molecule has 0 amide bonds. The number of rotatable bonds is 0. The molecule has 0 radical (unpaired) electrons. The van der Waals surface area contributed by atoms with E-state index in [1.165, 1.54) is 18.6 Å². The van der Waals surface area contributed by atoms with Crippen LogP contribution in [0.25, 0.3) is 0 Å². The zero-order chi connectivity index (χ0) is 10.6. The van der Waals surface area contributed by atoms with Crippen molar-refractivity contribution in [2.24, 2.45) is 0 Å². The van der Waals surface area contributed by atoms with E-state index in [9.17, 15) is 0 Å². The van der Waals surface area contributed by atoms with Crippen LogP contribution in [-0.2, 0) is 0 Å². The predicted molar refractivity (Wildman–Crippen MR) is 87.1 cm³/mol. The first-order valence-corrected chi connectivity index (χ1v) is 12.1. The Balaban J connectivity index is 2.25. The highest BCUT2D eigenvalue weighted by Crippen LogP contribution is 2.52. The van der Waals surface area contributed by atoms with E-state index in [0.717, 1.165) is 0 Å². The first-order valence-electron chi connectivity index (χ1n) is 4.43. The van der Waals surface area contributed by atoms with Crippen LogP contribution in [0.3, 0.4) is 0 Å². The summed E-state index contributed by atoms with van der Waals surface area (Å²) in [5.74, 6) is 1.24. The van der Waals surface area contributed by atoms with Crippen LogP contribution in [-0.4, -0.2) is 5.75 Å². The van der Waals surface area contributed by atoms with Gasteiger partial charge in [0.25, 0.3) is 0 Å². The molecule has 1 heterocycles. The van der Waals surface area contributed by atoms with E-state index in [2.05, 4.69) is 35.8 Å². The van der Waals surface area contributed by atoms with Crippen LogP contribution in [0.4, 0.5) is 0 Å². The van der Waals surface area contributed by atoms with Gasteiger partial charge in [-0.05, 0) is 57.6 Å². The predicted octanol–water partition coefficient (Wildman–Crippen LogP) is 6.38. The first-order chi connectivity index (χ1) is 7.50. The molecule has 0 saturated carbocycles. The Morgan fingerprint density at radius 1 is 0.800 bits per heavy atom. The van der Waals surface area contributed by atoms with Gasteiger partial charge in [-0.25, -0.2) is 0 Å². The van der Waals surface area contributed by atoms with Gasteiger partial charge in [0, 0.05) is 5.75 Å². The van der Waals surface area contributed by atoms with Gasteiger partial charge in [0.1, 0.15) is 0 Å². The topological polar surface area (TPSA) is 0 Å². The summed E-state index contributed by atoms with van der Waals surface area (Å²) in [5.41, 5.74) is 0. The van der Waals surface area contributed by atoms with Gasteiger partial charge in [0.05, 0.1) is 0 Å². The number of hydrogen-bond donors (Lipinski definition) is 0. The lowest BCUT2D eigenvalue weighted by Crippen LogP contribution is -1.72. The molecule has 84 valence electrons. The lowest BCUT2D eigenvalue weighted by atomic mass is 10.3. The average Bonchev–Trinajstić information content (AvgIpc) is 2.27. The van der Waals surface area contributed by atoms with Gasteiger partial charge in [-0.2, -0.15) is 0 Å². The van der Waals surface area contributed by atoms with Crippen molar-refractivity contribution in [1.82, 2.24) is 0 Å². The van der Waals surface area contributed by atoms with Crippen molar-refractivity contribution >= 4 is 60.9 Å². The third kappa shape index (κ3) is 10.2. The molecule has 0 aromatic heterocycles. The van der Waals surface area contributed by atoms with Crippen LogP contribution in [0.15, 0.2) is 35.8 Å². The molecule has 0 saturated heterocycles. The Bertz CT molecular complexity index is 201. The van der Waals surface area contributed by atoms with Crippen molar-refractivity contribution in [2.45, 2.75) is 12.8 Å². The number of allylic oxidation sites excluding steroid dienone is 5. The minimum atomic E-state index is 1.18. The van der Waals surface area contributed by atoms with Gasteiger partial charge >= 0.3 is 0 Å². The average molecular weight is 313 g/mol. The fourth-order valence-electron chi connectivity index (χ4n) is 0.756. The van der Waals surface area contributed by atoms with Crippen LogP contribution in [0, 0.1) is 0 Å². The second-order valence-electron chi connectivity index (χ2n) is 2.47. The van der Waals surface area contributed by atoms with Gasteiger partial charge in [-0.1, -0.05) is 52.0 Å². The molecule has 0 unspecified atom stereocenters. The van der Waals surface area contributed by atoms with Crippen LogP contribution in [0.5, 0.6) is 0 Å². The molecule has 0 N–H and O–H groups in total. The van der Waals surface area contributed by atoms with E-state index in [-0.39, 0.29) is 0 Å². The third-order valence-corrected chi connectivity index (χ3v) is 11.9. The molecule has 6 heteroatoms. The van der Waals surface area contributed by atoms with Crippen molar-refractivity contribution in [3.8, 4) is 0 Å². The van der Waals surface area contributed by atoms with E-state index >= 15 is 0 Å². The summed E-state index contributed by atoms with van der Waals surface area (Å²) in [6, 6.07) is 0. The molecule has 15 heavy (non-hydrogen) atoms. The van der Waals surface area contributed by atoms with E-state index in [1.807, 2.05) is 50.1 Å². The third-order valence-electron chi connectivity index (χ3n) is 1.37. The summed E-state index contributed by atoms with van der Waals surface area (Å²) in [6.45, 7) is 0. The highest BCUT2D eigenvalue weighted by atomic mass is 33.9. The SMILES string of the molecule is C1=C/C=C/SSSSSSCCCC=C1. The van der Waals surface area contributed by atoms with Crippen molar-refractivity contribution < 1.29 is 0 Å². The monoisotopic (exact) mass is 312 g/mol. The Morgan fingerprint density at radius 2 is 1.67 bits per heavy atom. The molecule has 1 rings (SSSR count). The fraction of sp³-hybridized carbons (Fsp3) is 0.333. The maximum atomic E-state index is 2.24. The molecule has 0 aliphatic carbocycles. The summed E-state index contributed by atoms with van der Waals surface area (Å²) in [6.07, 6.45) is 13.1. The van der Waals surface area contributed by atoms with Crippen LogP contribution in [0.1, 0.15) is 12.8 Å². The summed E-state index contributed by atoms with van der Waals surface area (Å²) in [5, 5.41) is 2.11. The van der Waals surface area contributed by atoms with Crippen LogP contribution < -0.4 is 0 Å². The zero-order valence-corrected chi connectivity index (χ0v) is 12.9. The van der Waals surface area contributed by atoms with Gasteiger partial charge in [-0.15, -0.1) is 0 Å². The molecule has 0 bridgehead atoms. The van der Waals surface area contributed by atoms with E-state index < -0.39 is 0 Å². The Labute approximate surface area is 114 Å². The lowest BCUT2D eigenvalue weighted by molar-refractivity contribution is 0.975. The Hall–Kier alpha value is 1.32. The van der Waals surface area contributed by atoms with E-state index in [4.69, 9.17) is 0 Å². The Kier molecular flexibility index (Phi) is 11.3. The Morgan fingerprint density at radius 3 is 2.67 bits per heavy atom. The second kappa shape index (κ2) is 11.8. The highest BCUT2D eigenvalue weighted by Gasteiger charge is 1.93. The highest BCUT2D eigenvalue weighted by molar-refractivity contribution is 9.42. The van der Waals surface area contributed by atoms with Crippen molar-refractivity contribution in [1.29, 1.82) is 0 Å². The van der Waals surface area contributed by atoms with Gasteiger partial charge in [0.2, 0.25) is 0 Å². The molecule has 0 aromatic rings. The first kappa shape index (κ1) is 14.4.